The normalized spacial score (nSPS) is 11.9. The van der Waals surface area contributed by atoms with E-state index in [2.05, 4.69) is 19.2 Å². The molecule has 7 heteroatoms. The Hall–Kier alpha value is -2.60. The van der Waals surface area contributed by atoms with E-state index in [1.165, 1.54) is 23.8 Å². The van der Waals surface area contributed by atoms with Crippen LogP contribution in [0.1, 0.15) is 32.3 Å². The number of rotatable bonds is 6. The van der Waals surface area contributed by atoms with Gasteiger partial charge < -0.3 is 10.1 Å². The van der Waals surface area contributed by atoms with Gasteiger partial charge in [-0.15, -0.1) is 0 Å². The van der Waals surface area contributed by atoms with Gasteiger partial charge in [0.25, 0.3) is 11.6 Å². The Kier molecular flexibility index (Phi) is 5.98. The summed E-state index contributed by atoms with van der Waals surface area (Å²) in [4.78, 5) is 22.4. The van der Waals surface area contributed by atoms with E-state index in [0.29, 0.717) is 11.6 Å². The Balaban J connectivity index is 2.01. The minimum Gasteiger partial charge on any atom is -0.479 e. The largest absolute Gasteiger partial charge is 0.479 e. The minimum atomic E-state index is -0.816. The summed E-state index contributed by atoms with van der Waals surface area (Å²) >= 11 is 5.97. The summed E-state index contributed by atoms with van der Waals surface area (Å²) in [6.45, 7) is 5.77. The van der Waals surface area contributed by atoms with Gasteiger partial charge >= 0.3 is 0 Å². The summed E-state index contributed by atoms with van der Waals surface area (Å²) in [5, 5.41) is 13.5. The predicted octanol–water partition coefficient (Wildman–Crippen LogP) is 4.78. The highest BCUT2D eigenvalue weighted by Gasteiger charge is 2.18. The Morgan fingerprint density at radius 3 is 2.32 bits per heavy atom. The Morgan fingerprint density at radius 1 is 1.16 bits per heavy atom. The van der Waals surface area contributed by atoms with Gasteiger partial charge in [0.05, 0.1) is 9.95 Å². The lowest BCUT2D eigenvalue weighted by Crippen LogP contribution is -2.30. The molecule has 6 nitrogen and oxygen atoms in total. The molecular weight excluding hydrogens is 344 g/mol. The van der Waals surface area contributed by atoms with Crippen molar-refractivity contribution in [1.82, 2.24) is 0 Å². The van der Waals surface area contributed by atoms with Gasteiger partial charge in [0.2, 0.25) is 0 Å². The quantitative estimate of drug-likeness (QED) is 0.592. The zero-order valence-corrected chi connectivity index (χ0v) is 14.9. The van der Waals surface area contributed by atoms with Gasteiger partial charge in [0, 0.05) is 17.8 Å². The van der Waals surface area contributed by atoms with E-state index in [0.717, 1.165) is 0 Å². The van der Waals surface area contributed by atoms with Gasteiger partial charge in [-0.05, 0) is 36.6 Å². The summed E-state index contributed by atoms with van der Waals surface area (Å²) in [6.07, 6.45) is -0.816. The molecule has 0 bridgehead atoms. The number of carbonyl (C=O) groups excluding carboxylic acids is 1. The number of nitrogens with one attached hydrogen (secondary N) is 1. The number of hydrogen-bond donors (Lipinski definition) is 1. The molecule has 2 aromatic rings. The molecule has 1 atom stereocenters. The number of nitrogens with zero attached hydrogens (tertiary/aromatic N) is 1. The molecule has 0 aliphatic rings. The van der Waals surface area contributed by atoms with Gasteiger partial charge in [0.15, 0.2) is 6.10 Å². The van der Waals surface area contributed by atoms with E-state index in [4.69, 9.17) is 16.3 Å². The summed E-state index contributed by atoms with van der Waals surface area (Å²) in [5.74, 6) is 0.285. The number of carbonyl (C=O) groups is 1. The fraction of sp³-hybridized carbons (Fsp3) is 0.278. The second-order valence-corrected chi connectivity index (χ2v) is 6.31. The van der Waals surface area contributed by atoms with Crippen molar-refractivity contribution in [2.75, 3.05) is 5.32 Å². The smallest absolute Gasteiger partial charge is 0.271 e. The highest BCUT2D eigenvalue weighted by Crippen LogP contribution is 2.29. The average molecular weight is 363 g/mol. The molecule has 2 rings (SSSR count). The van der Waals surface area contributed by atoms with Crippen LogP contribution >= 0.6 is 11.6 Å². The maximum absolute atomic E-state index is 12.2. The Bertz CT molecular complexity index is 775. The number of anilines is 1. The number of ether oxygens (including phenoxy) is 1. The van der Waals surface area contributed by atoms with Crippen LogP contribution in [-0.4, -0.2) is 16.9 Å². The first-order valence-corrected chi connectivity index (χ1v) is 8.17. The molecule has 0 aromatic heterocycles. The monoisotopic (exact) mass is 362 g/mol. The third-order valence-corrected chi connectivity index (χ3v) is 3.94. The topological polar surface area (TPSA) is 81.5 Å². The summed E-state index contributed by atoms with van der Waals surface area (Å²) in [5.41, 5.74) is 1.71. The first-order valence-electron chi connectivity index (χ1n) is 7.79. The zero-order chi connectivity index (χ0) is 18.6. The van der Waals surface area contributed by atoms with Gasteiger partial charge in [-0.2, -0.15) is 0 Å². The van der Waals surface area contributed by atoms with Gasteiger partial charge in [-0.1, -0.05) is 37.6 Å². The molecule has 0 heterocycles. The highest BCUT2D eigenvalue weighted by molar-refractivity contribution is 6.32. The van der Waals surface area contributed by atoms with Crippen LogP contribution in [0.2, 0.25) is 5.02 Å². The molecule has 0 fully saturated rings. The number of non-ortho nitro benzene ring substituents is 1. The number of halogens is 1. The van der Waals surface area contributed by atoms with Crippen LogP contribution in [0.4, 0.5) is 11.4 Å². The van der Waals surface area contributed by atoms with Crippen LogP contribution in [-0.2, 0) is 4.79 Å². The Morgan fingerprint density at radius 2 is 1.80 bits per heavy atom. The van der Waals surface area contributed by atoms with E-state index in [9.17, 15) is 14.9 Å². The van der Waals surface area contributed by atoms with E-state index in [1.807, 2.05) is 24.3 Å². The van der Waals surface area contributed by atoms with Crippen LogP contribution in [0.3, 0.4) is 0 Å². The molecule has 0 radical (unpaired) electrons. The van der Waals surface area contributed by atoms with E-state index >= 15 is 0 Å². The average Bonchev–Trinajstić information content (AvgIpc) is 2.56. The molecular formula is C18H19ClN2O4. The fourth-order valence-electron chi connectivity index (χ4n) is 2.14. The van der Waals surface area contributed by atoms with Crippen molar-refractivity contribution in [3.05, 3.63) is 63.2 Å². The van der Waals surface area contributed by atoms with Crippen molar-refractivity contribution in [3.8, 4) is 5.75 Å². The SMILES string of the molecule is CC(C)c1ccc(NC(=O)[C@@H](C)Oc2ccc([N+](=O)[O-])cc2Cl)cc1. The van der Waals surface area contributed by atoms with Gasteiger partial charge in [-0.3, -0.25) is 14.9 Å². The van der Waals surface area contributed by atoms with Crippen LogP contribution in [0.15, 0.2) is 42.5 Å². The first-order chi connectivity index (χ1) is 11.8. The second kappa shape index (κ2) is 7.98. The molecule has 0 aliphatic carbocycles. The highest BCUT2D eigenvalue weighted by atomic mass is 35.5. The lowest BCUT2D eigenvalue weighted by molar-refractivity contribution is -0.384. The summed E-state index contributed by atoms with van der Waals surface area (Å²) in [7, 11) is 0. The standard InChI is InChI=1S/C18H19ClN2O4/c1-11(2)13-4-6-14(7-5-13)20-18(22)12(3)25-17-9-8-15(21(23)24)10-16(17)19/h4-12H,1-3H3,(H,20,22)/t12-/m1/s1. The van der Waals surface area contributed by atoms with E-state index < -0.39 is 11.0 Å². The maximum Gasteiger partial charge on any atom is 0.271 e. The van der Waals surface area contributed by atoms with E-state index in [1.54, 1.807) is 6.92 Å². The van der Waals surface area contributed by atoms with Crippen molar-refractivity contribution in [1.29, 1.82) is 0 Å². The van der Waals surface area contributed by atoms with Crippen LogP contribution in [0, 0.1) is 10.1 Å². The number of benzene rings is 2. The van der Waals surface area contributed by atoms with Gasteiger partial charge in [0.1, 0.15) is 5.75 Å². The van der Waals surface area contributed by atoms with Crippen molar-refractivity contribution >= 4 is 28.9 Å². The minimum absolute atomic E-state index is 0.0788. The molecule has 0 saturated carbocycles. The van der Waals surface area contributed by atoms with Crippen molar-refractivity contribution in [3.63, 3.8) is 0 Å². The lowest BCUT2D eigenvalue weighted by atomic mass is 10.0. The zero-order valence-electron chi connectivity index (χ0n) is 14.2. The van der Waals surface area contributed by atoms with E-state index in [-0.39, 0.29) is 22.4 Å². The molecule has 1 N–H and O–H groups in total. The molecule has 2 aromatic carbocycles. The van der Waals surface area contributed by atoms with Crippen LogP contribution in [0.25, 0.3) is 0 Å². The van der Waals surface area contributed by atoms with Gasteiger partial charge in [-0.25, -0.2) is 0 Å². The molecule has 0 unspecified atom stereocenters. The molecule has 1 amide bonds. The fourth-order valence-corrected chi connectivity index (χ4v) is 2.36. The number of nitro groups is 1. The third kappa shape index (κ3) is 4.93. The number of hydrogen-bond acceptors (Lipinski definition) is 4. The molecule has 0 spiro atoms. The van der Waals surface area contributed by atoms with Crippen molar-refractivity contribution < 1.29 is 14.5 Å². The molecule has 0 saturated heterocycles. The summed E-state index contributed by atoms with van der Waals surface area (Å²) in [6, 6.07) is 11.4. The predicted molar refractivity (Wildman–Crippen MR) is 97.4 cm³/mol. The van der Waals surface area contributed by atoms with Crippen LogP contribution < -0.4 is 10.1 Å². The van der Waals surface area contributed by atoms with Crippen molar-refractivity contribution in [2.24, 2.45) is 0 Å². The maximum atomic E-state index is 12.2. The Labute approximate surface area is 150 Å². The second-order valence-electron chi connectivity index (χ2n) is 5.90. The lowest BCUT2D eigenvalue weighted by Gasteiger charge is -2.16. The summed E-state index contributed by atoms with van der Waals surface area (Å²) < 4.78 is 5.51. The number of amides is 1. The first kappa shape index (κ1) is 18.7. The molecule has 132 valence electrons. The van der Waals surface area contributed by atoms with Crippen LogP contribution in [0.5, 0.6) is 5.75 Å². The molecule has 25 heavy (non-hydrogen) atoms. The molecule has 0 aliphatic heterocycles. The van der Waals surface area contributed by atoms with Crippen molar-refractivity contribution in [2.45, 2.75) is 32.8 Å². The third-order valence-electron chi connectivity index (χ3n) is 3.64. The number of nitro benzene ring substituents is 1.